The Morgan fingerprint density at radius 1 is 0.273 bits per heavy atom. The Hall–Kier alpha value is -4.71. The second kappa shape index (κ2) is 63.8. The second-order valence-corrected chi connectivity index (χ2v) is 20.2. The summed E-state index contributed by atoms with van der Waals surface area (Å²) in [4.78, 5) is 38.3. The van der Waals surface area contributed by atoms with E-state index in [0.717, 1.165) is 148 Å². The molecule has 434 valence electrons. The zero-order valence-electron chi connectivity index (χ0n) is 49.7. The van der Waals surface area contributed by atoms with Crippen molar-refractivity contribution in [1.29, 1.82) is 0 Å². The Morgan fingerprint density at radius 3 is 0.818 bits per heavy atom. The molecule has 0 aromatic carbocycles. The Balaban J connectivity index is 4.50. The van der Waals surface area contributed by atoms with Crippen molar-refractivity contribution < 1.29 is 28.6 Å². The topological polar surface area (TPSA) is 78.9 Å². The van der Waals surface area contributed by atoms with Crippen molar-refractivity contribution in [3.63, 3.8) is 0 Å². The highest BCUT2D eigenvalue weighted by molar-refractivity contribution is 5.71. The van der Waals surface area contributed by atoms with Gasteiger partial charge in [-0.1, -0.05) is 250 Å². The molecule has 0 heterocycles. The van der Waals surface area contributed by atoms with Gasteiger partial charge in [-0.2, -0.15) is 0 Å². The number of ether oxygens (including phenoxy) is 3. The number of hydrogen-bond acceptors (Lipinski definition) is 6. The molecular weight excluding hydrogens is 949 g/mol. The van der Waals surface area contributed by atoms with E-state index in [0.29, 0.717) is 12.8 Å². The van der Waals surface area contributed by atoms with E-state index in [4.69, 9.17) is 14.2 Å². The summed E-state index contributed by atoms with van der Waals surface area (Å²) in [5.74, 6) is -0.970. The third kappa shape index (κ3) is 62.0. The van der Waals surface area contributed by atoms with E-state index in [1.807, 2.05) is 0 Å². The average molecular weight is 1060 g/mol. The van der Waals surface area contributed by atoms with Gasteiger partial charge in [0.2, 0.25) is 0 Å². The summed E-state index contributed by atoms with van der Waals surface area (Å²) < 4.78 is 16.9. The molecule has 0 aromatic heterocycles. The zero-order valence-corrected chi connectivity index (χ0v) is 49.7. The van der Waals surface area contributed by atoms with Crippen molar-refractivity contribution >= 4 is 17.9 Å². The van der Waals surface area contributed by atoms with Gasteiger partial charge in [0.25, 0.3) is 0 Å². The largest absolute Gasteiger partial charge is 0.462 e. The van der Waals surface area contributed by atoms with Gasteiger partial charge < -0.3 is 14.2 Å². The fourth-order valence-electron chi connectivity index (χ4n) is 8.17. The summed E-state index contributed by atoms with van der Waals surface area (Å²) in [7, 11) is 0. The molecule has 0 aliphatic carbocycles. The summed E-state index contributed by atoms with van der Waals surface area (Å²) in [6.45, 7) is 6.36. The smallest absolute Gasteiger partial charge is 0.306 e. The number of carbonyl (C=O) groups is 3. The van der Waals surface area contributed by atoms with Crippen molar-refractivity contribution in [3.8, 4) is 0 Å². The van der Waals surface area contributed by atoms with E-state index in [-0.39, 0.29) is 37.5 Å². The molecule has 0 radical (unpaired) electrons. The van der Waals surface area contributed by atoms with Gasteiger partial charge in [-0.15, -0.1) is 0 Å². The van der Waals surface area contributed by atoms with Crippen LogP contribution < -0.4 is 0 Å². The molecule has 6 nitrogen and oxygen atoms in total. The van der Waals surface area contributed by atoms with Crippen LogP contribution in [0.4, 0.5) is 0 Å². The Labute approximate surface area is 474 Å². The van der Waals surface area contributed by atoms with Gasteiger partial charge in [0.15, 0.2) is 6.10 Å². The number of unbranched alkanes of at least 4 members (excludes halogenated alkanes) is 20. The van der Waals surface area contributed by atoms with Crippen LogP contribution in [0, 0.1) is 0 Å². The minimum Gasteiger partial charge on any atom is -0.462 e. The van der Waals surface area contributed by atoms with Gasteiger partial charge in [-0.25, -0.2) is 0 Å². The molecule has 1 atom stereocenters. The zero-order chi connectivity index (χ0) is 55.7. The van der Waals surface area contributed by atoms with Crippen molar-refractivity contribution in [1.82, 2.24) is 0 Å². The normalized spacial score (nSPS) is 13.1. The summed E-state index contributed by atoms with van der Waals surface area (Å²) >= 11 is 0. The first-order valence-electron chi connectivity index (χ1n) is 31.3. The lowest BCUT2D eigenvalue weighted by Crippen LogP contribution is -2.30. The van der Waals surface area contributed by atoms with Gasteiger partial charge in [-0.05, 0) is 141 Å². The predicted molar refractivity (Wildman–Crippen MR) is 334 cm³/mol. The lowest BCUT2D eigenvalue weighted by Gasteiger charge is -2.18. The molecular formula is C71H114O6. The molecule has 77 heavy (non-hydrogen) atoms. The molecule has 0 amide bonds. The lowest BCUT2D eigenvalue weighted by atomic mass is 10.1. The maximum Gasteiger partial charge on any atom is 0.306 e. The molecule has 0 saturated heterocycles. The van der Waals surface area contributed by atoms with Crippen molar-refractivity contribution in [2.24, 2.45) is 0 Å². The van der Waals surface area contributed by atoms with Gasteiger partial charge in [-0.3, -0.25) is 14.4 Å². The third-order valence-corrected chi connectivity index (χ3v) is 12.8. The third-order valence-electron chi connectivity index (χ3n) is 12.8. The number of rotatable bonds is 55. The van der Waals surface area contributed by atoms with Crippen molar-refractivity contribution in [2.75, 3.05) is 13.2 Å². The highest BCUT2D eigenvalue weighted by Gasteiger charge is 2.19. The van der Waals surface area contributed by atoms with Crippen LogP contribution in [0.15, 0.2) is 146 Å². The van der Waals surface area contributed by atoms with Gasteiger partial charge in [0.05, 0.1) is 0 Å². The predicted octanol–water partition coefficient (Wildman–Crippen LogP) is 21.5. The van der Waals surface area contributed by atoms with E-state index in [1.165, 1.54) is 77.0 Å². The number of carbonyl (C=O) groups excluding carboxylic acids is 3. The second-order valence-electron chi connectivity index (χ2n) is 20.2. The van der Waals surface area contributed by atoms with E-state index in [2.05, 4.69) is 167 Å². The van der Waals surface area contributed by atoms with Crippen LogP contribution in [0.1, 0.15) is 265 Å². The number of esters is 3. The van der Waals surface area contributed by atoms with E-state index in [9.17, 15) is 14.4 Å². The van der Waals surface area contributed by atoms with E-state index in [1.54, 1.807) is 0 Å². The number of hydrogen-bond donors (Lipinski definition) is 0. The van der Waals surface area contributed by atoms with Crippen LogP contribution in [0.3, 0.4) is 0 Å². The Kier molecular flexibility index (Phi) is 59.9. The highest BCUT2D eigenvalue weighted by atomic mass is 16.6. The van der Waals surface area contributed by atoms with Crippen LogP contribution in [0.5, 0.6) is 0 Å². The highest BCUT2D eigenvalue weighted by Crippen LogP contribution is 2.14. The maximum absolute atomic E-state index is 12.9. The fourth-order valence-corrected chi connectivity index (χ4v) is 8.17. The van der Waals surface area contributed by atoms with Crippen LogP contribution in [0.2, 0.25) is 0 Å². The molecule has 0 aliphatic rings. The maximum atomic E-state index is 12.9. The minimum absolute atomic E-state index is 0.106. The summed E-state index contributed by atoms with van der Waals surface area (Å²) in [6, 6.07) is 0. The molecule has 0 rings (SSSR count). The summed E-state index contributed by atoms with van der Waals surface area (Å²) in [5, 5.41) is 0. The molecule has 0 aromatic rings. The Morgan fingerprint density at radius 2 is 0.506 bits per heavy atom. The number of allylic oxidation sites excluding steroid dienone is 24. The van der Waals surface area contributed by atoms with Crippen LogP contribution >= 0.6 is 0 Å². The van der Waals surface area contributed by atoms with Gasteiger partial charge in [0, 0.05) is 19.3 Å². The molecule has 0 spiro atoms. The van der Waals surface area contributed by atoms with Gasteiger partial charge in [0.1, 0.15) is 13.2 Å². The Bertz CT molecular complexity index is 1700. The average Bonchev–Trinajstić information content (AvgIpc) is 3.43. The molecule has 0 fully saturated rings. The van der Waals surface area contributed by atoms with Crippen LogP contribution in [0.25, 0.3) is 0 Å². The van der Waals surface area contributed by atoms with Gasteiger partial charge >= 0.3 is 17.9 Å². The molecule has 0 bridgehead atoms. The van der Waals surface area contributed by atoms with E-state index < -0.39 is 6.10 Å². The summed E-state index contributed by atoms with van der Waals surface area (Å²) in [5.41, 5.74) is 0. The van der Waals surface area contributed by atoms with Crippen LogP contribution in [-0.4, -0.2) is 37.2 Å². The fraction of sp³-hybridized carbons (Fsp3) is 0.620. The first-order valence-corrected chi connectivity index (χ1v) is 31.3. The monoisotopic (exact) mass is 1060 g/mol. The van der Waals surface area contributed by atoms with Crippen LogP contribution in [-0.2, 0) is 28.6 Å². The molecule has 6 heteroatoms. The SMILES string of the molecule is CC/C=C\C/C=C\C/C=C\C/C=C\C/C=C\C/C=C\C/C=C\CCCCCC(=O)OCC(COC(=O)CCCCCCCCC/C=C\CCCCCCCC)OC(=O)CCCCCC/C=C\C/C=C\C/C=C\C/C=C\CC. The molecule has 0 saturated carbocycles. The minimum atomic E-state index is -0.815. The molecule has 0 N–H and O–H groups in total. The summed E-state index contributed by atoms with van der Waals surface area (Å²) in [6.07, 6.45) is 91.3. The first kappa shape index (κ1) is 72.3. The first-order chi connectivity index (χ1) is 38.0. The van der Waals surface area contributed by atoms with Crippen molar-refractivity contribution in [3.05, 3.63) is 146 Å². The molecule has 0 aliphatic heterocycles. The standard InChI is InChI=1S/C71H114O6/c1-4-7-10-13-16-19-22-25-28-31-32-33-34-35-36-37-38-41-43-46-49-52-55-58-61-64-70(73)76-67-68(77-71(74)65-62-59-56-53-50-47-44-40-30-27-24-21-18-15-12-9-6-3)66-75-69(72)63-60-57-54-51-48-45-42-39-29-26-23-20-17-14-11-8-5-2/h7,9-10,12,16,18-19,21,25-30,32-33,35-36,38,41,44,46-47,49,68H,4-6,8,11,13-15,17,20,22-24,31,34,37,39-40,42-43,45,48,50-67H2,1-3H3/b10-7-,12-9-,19-16-,21-18-,28-25-,29-26-,30-27-,33-32-,36-35-,41-38-,47-44-,49-46-. The molecule has 1 unspecified atom stereocenters. The van der Waals surface area contributed by atoms with Crippen molar-refractivity contribution in [2.45, 2.75) is 271 Å². The lowest BCUT2D eigenvalue weighted by molar-refractivity contribution is -0.167. The quantitative estimate of drug-likeness (QED) is 0.0261. The van der Waals surface area contributed by atoms with E-state index >= 15 is 0 Å².